The van der Waals surface area contributed by atoms with Crippen LogP contribution in [0.15, 0.2) is 0 Å². The lowest BCUT2D eigenvalue weighted by molar-refractivity contribution is 0.549. The van der Waals surface area contributed by atoms with Crippen LogP contribution in [0.1, 0.15) is 25.7 Å². The summed E-state index contributed by atoms with van der Waals surface area (Å²) < 4.78 is 0. The molecule has 0 unspecified atom stereocenters. The molecular formula is C7H10N2S2. The molecule has 2 fully saturated rings. The van der Waals surface area contributed by atoms with Gasteiger partial charge in [-0.25, -0.2) is 0 Å². The van der Waals surface area contributed by atoms with Crippen molar-refractivity contribution in [3.8, 4) is 0 Å². The van der Waals surface area contributed by atoms with E-state index in [0.29, 0.717) is 5.11 Å². The zero-order chi connectivity index (χ0) is 7.90. The van der Waals surface area contributed by atoms with Gasteiger partial charge in [0.25, 0.3) is 0 Å². The summed E-state index contributed by atoms with van der Waals surface area (Å²) in [5.74, 6) is 0. The minimum absolute atomic E-state index is 0.0480. The van der Waals surface area contributed by atoms with E-state index in [1.165, 1.54) is 12.8 Å². The van der Waals surface area contributed by atoms with Crippen LogP contribution < -0.4 is 10.6 Å². The maximum atomic E-state index is 5.21. The second-order valence-corrected chi connectivity index (χ2v) is 4.01. The van der Waals surface area contributed by atoms with Crippen molar-refractivity contribution in [1.29, 1.82) is 0 Å². The number of nitrogens with one attached hydrogen (secondary N) is 2. The van der Waals surface area contributed by atoms with E-state index >= 15 is 0 Å². The Kier molecular flexibility index (Phi) is 1.61. The van der Waals surface area contributed by atoms with E-state index in [1.807, 2.05) is 0 Å². The highest BCUT2D eigenvalue weighted by Gasteiger charge is 2.43. The van der Waals surface area contributed by atoms with Gasteiger partial charge in [0.15, 0.2) is 5.11 Å². The minimum Gasteiger partial charge on any atom is -0.351 e. The third-order valence-electron chi connectivity index (χ3n) is 2.47. The Labute approximate surface area is 76.7 Å². The lowest BCUT2D eigenvalue weighted by Gasteiger charge is -2.21. The number of hydrogen-bond donors (Lipinski definition) is 2. The van der Waals surface area contributed by atoms with Crippen LogP contribution in [-0.2, 0) is 0 Å². The van der Waals surface area contributed by atoms with Gasteiger partial charge in [-0.15, -0.1) is 0 Å². The first-order valence-corrected chi connectivity index (χ1v) is 4.68. The number of hydrogen-bond acceptors (Lipinski definition) is 2. The van der Waals surface area contributed by atoms with E-state index in [1.54, 1.807) is 0 Å². The first-order chi connectivity index (χ1) is 5.23. The molecule has 2 nitrogen and oxygen atoms in total. The molecule has 2 N–H and O–H groups in total. The Balaban J connectivity index is 2.24. The lowest BCUT2D eigenvalue weighted by atomic mass is 10.00. The minimum atomic E-state index is 0.0480. The van der Waals surface area contributed by atoms with Crippen LogP contribution in [0.25, 0.3) is 0 Å². The smallest absolute Gasteiger partial charge is 0.172 e. The van der Waals surface area contributed by atoms with E-state index in [2.05, 4.69) is 10.6 Å². The predicted molar refractivity (Wildman–Crippen MR) is 52.7 cm³/mol. The summed E-state index contributed by atoms with van der Waals surface area (Å²) >= 11 is 10.2. The summed E-state index contributed by atoms with van der Waals surface area (Å²) in [5, 5.41) is 6.96. The van der Waals surface area contributed by atoms with Crippen LogP contribution in [0.3, 0.4) is 0 Å². The molecule has 0 amide bonds. The predicted octanol–water partition coefficient (Wildman–Crippen LogP) is 1.10. The van der Waals surface area contributed by atoms with Gasteiger partial charge in [-0.1, -0.05) is 25.1 Å². The normalized spacial score (nSPS) is 27.3. The Morgan fingerprint density at radius 1 is 1.18 bits per heavy atom. The Morgan fingerprint density at radius 3 is 2.27 bits per heavy atom. The van der Waals surface area contributed by atoms with Crippen molar-refractivity contribution < 1.29 is 0 Å². The molecule has 2 rings (SSSR count). The van der Waals surface area contributed by atoms with Crippen LogP contribution >= 0.6 is 24.4 Å². The summed E-state index contributed by atoms with van der Waals surface area (Å²) in [5.41, 5.74) is 0.0480. The van der Waals surface area contributed by atoms with Gasteiger partial charge < -0.3 is 10.6 Å². The SMILES string of the molecule is S=C1NC(=S)C2(CCCC2)N1. The third kappa shape index (κ3) is 1.05. The summed E-state index contributed by atoms with van der Waals surface area (Å²) in [6, 6.07) is 0. The molecular weight excluding hydrogens is 176 g/mol. The molecule has 1 heterocycles. The fourth-order valence-electron chi connectivity index (χ4n) is 1.86. The van der Waals surface area contributed by atoms with Gasteiger partial charge in [-0.2, -0.15) is 0 Å². The maximum Gasteiger partial charge on any atom is 0.172 e. The van der Waals surface area contributed by atoms with Gasteiger partial charge >= 0.3 is 0 Å². The molecule has 0 radical (unpaired) electrons. The third-order valence-corrected chi connectivity index (χ3v) is 3.17. The first kappa shape index (κ1) is 7.43. The molecule has 0 bridgehead atoms. The molecule has 1 saturated carbocycles. The molecule has 4 heteroatoms. The quantitative estimate of drug-likeness (QED) is 0.553. The topological polar surface area (TPSA) is 24.1 Å². The van der Waals surface area contributed by atoms with E-state index in [0.717, 1.165) is 17.8 Å². The van der Waals surface area contributed by atoms with E-state index in [9.17, 15) is 0 Å². The average Bonchev–Trinajstić information content (AvgIpc) is 2.45. The Hall–Kier alpha value is -0.220. The molecule has 1 aliphatic heterocycles. The number of thiocarbonyl (C=S) groups is 2. The Bertz CT molecular complexity index is 218. The molecule has 0 aromatic rings. The van der Waals surface area contributed by atoms with Crippen molar-refractivity contribution in [2.75, 3.05) is 0 Å². The first-order valence-electron chi connectivity index (χ1n) is 3.87. The van der Waals surface area contributed by atoms with Gasteiger partial charge in [0.05, 0.1) is 5.54 Å². The molecule has 1 saturated heterocycles. The van der Waals surface area contributed by atoms with Crippen LogP contribution in [0.4, 0.5) is 0 Å². The standard InChI is InChI=1S/C7H10N2S2/c10-5-7(3-1-2-4-7)9-6(11)8-5/h1-4H2,(H2,8,9,10,11). The largest absolute Gasteiger partial charge is 0.351 e. The summed E-state index contributed by atoms with van der Waals surface area (Å²) in [7, 11) is 0. The maximum absolute atomic E-state index is 5.21. The molecule has 0 aromatic carbocycles. The second kappa shape index (κ2) is 2.38. The molecule has 2 aliphatic rings. The molecule has 60 valence electrons. The molecule has 1 aliphatic carbocycles. The van der Waals surface area contributed by atoms with Crippen molar-refractivity contribution in [1.82, 2.24) is 10.6 Å². The van der Waals surface area contributed by atoms with Gasteiger partial charge in [0, 0.05) is 0 Å². The van der Waals surface area contributed by atoms with Gasteiger partial charge in [0.1, 0.15) is 4.99 Å². The van der Waals surface area contributed by atoms with Crippen molar-refractivity contribution in [2.45, 2.75) is 31.2 Å². The molecule has 0 atom stereocenters. The van der Waals surface area contributed by atoms with E-state index in [-0.39, 0.29) is 5.54 Å². The van der Waals surface area contributed by atoms with Crippen LogP contribution in [0, 0.1) is 0 Å². The van der Waals surface area contributed by atoms with Crippen molar-refractivity contribution >= 4 is 34.5 Å². The summed E-state index contributed by atoms with van der Waals surface area (Å²) in [6.45, 7) is 0. The molecule has 1 spiro atoms. The lowest BCUT2D eigenvalue weighted by Crippen LogP contribution is -2.42. The fourth-order valence-corrected chi connectivity index (χ4v) is 2.58. The van der Waals surface area contributed by atoms with Gasteiger partial charge in [-0.05, 0) is 25.1 Å². The van der Waals surface area contributed by atoms with Crippen molar-refractivity contribution in [3.05, 3.63) is 0 Å². The van der Waals surface area contributed by atoms with E-state index in [4.69, 9.17) is 24.4 Å². The van der Waals surface area contributed by atoms with Gasteiger partial charge in [0.2, 0.25) is 0 Å². The monoisotopic (exact) mass is 186 g/mol. The van der Waals surface area contributed by atoms with Crippen LogP contribution in [-0.4, -0.2) is 15.6 Å². The van der Waals surface area contributed by atoms with E-state index < -0.39 is 0 Å². The molecule has 0 aromatic heterocycles. The summed E-state index contributed by atoms with van der Waals surface area (Å²) in [4.78, 5) is 0.903. The number of rotatable bonds is 0. The summed E-state index contributed by atoms with van der Waals surface area (Å²) in [6.07, 6.45) is 4.80. The highest BCUT2D eigenvalue weighted by Crippen LogP contribution is 2.32. The van der Waals surface area contributed by atoms with Crippen molar-refractivity contribution in [2.24, 2.45) is 0 Å². The highest BCUT2D eigenvalue weighted by atomic mass is 32.1. The van der Waals surface area contributed by atoms with Gasteiger partial charge in [-0.3, -0.25) is 0 Å². The van der Waals surface area contributed by atoms with Crippen molar-refractivity contribution in [3.63, 3.8) is 0 Å². The zero-order valence-corrected chi connectivity index (χ0v) is 7.78. The zero-order valence-electron chi connectivity index (χ0n) is 6.14. The van der Waals surface area contributed by atoms with Crippen LogP contribution in [0.2, 0.25) is 0 Å². The highest BCUT2D eigenvalue weighted by molar-refractivity contribution is 7.82. The molecule has 11 heavy (non-hydrogen) atoms. The second-order valence-electron chi connectivity index (χ2n) is 3.20. The van der Waals surface area contributed by atoms with Crippen LogP contribution in [0.5, 0.6) is 0 Å². The average molecular weight is 186 g/mol. The Morgan fingerprint density at radius 2 is 1.82 bits per heavy atom. The fraction of sp³-hybridized carbons (Fsp3) is 0.714.